The van der Waals surface area contributed by atoms with E-state index in [1.54, 1.807) is 26.0 Å². The first kappa shape index (κ1) is 17.3. The van der Waals surface area contributed by atoms with Gasteiger partial charge in [0.1, 0.15) is 0 Å². The highest BCUT2D eigenvalue weighted by molar-refractivity contribution is 7.92. The summed E-state index contributed by atoms with van der Waals surface area (Å²) >= 11 is 0. The molecule has 1 fully saturated rings. The van der Waals surface area contributed by atoms with Crippen molar-refractivity contribution in [1.82, 2.24) is 4.90 Å². The first-order chi connectivity index (χ1) is 10.5. The quantitative estimate of drug-likeness (QED) is 0.860. The lowest BCUT2D eigenvalue weighted by molar-refractivity contribution is -0.147. The number of nitrogens with zero attached hydrogens (tertiary/aromatic N) is 1. The van der Waals surface area contributed by atoms with Gasteiger partial charge in [0.25, 0.3) is 5.91 Å². The fraction of sp³-hybridized carbons (Fsp3) is 0.467. The van der Waals surface area contributed by atoms with Crippen molar-refractivity contribution in [2.75, 3.05) is 24.1 Å². The lowest BCUT2D eigenvalue weighted by Gasteiger charge is -2.21. The molecule has 0 radical (unpaired) electrons. The van der Waals surface area contributed by atoms with E-state index < -0.39 is 21.4 Å². The van der Waals surface area contributed by atoms with Gasteiger partial charge in [-0.2, -0.15) is 0 Å². The molecule has 1 aromatic carbocycles. The Morgan fingerprint density at radius 2 is 2.00 bits per heavy atom. The number of carboxylic acid groups (broad SMARTS) is 1. The Bertz CT molecular complexity index is 759. The minimum absolute atomic E-state index is 0.105. The number of carboxylic acids is 1. The van der Waals surface area contributed by atoms with Gasteiger partial charge in [0.05, 0.1) is 22.9 Å². The molecule has 1 unspecified atom stereocenters. The normalized spacial score (nSPS) is 21.3. The molecule has 2 rings (SSSR count). The van der Waals surface area contributed by atoms with Gasteiger partial charge in [0, 0.05) is 13.1 Å². The Morgan fingerprint density at radius 3 is 2.52 bits per heavy atom. The summed E-state index contributed by atoms with van der Waals surface area (Å²) in [6, 6.07) is 4.85. The number of amides is 1. The molecule has 1 amide bonds. The first-order valence-corrected chi connectivity index (χ1v) is 9.02. The molecule has 0 aliphatic carbocycles. The fourth-order valence-corrected chi connectivity index (χ4v) is 3.18. The number of benzene rings is 1. The summed E-state index contributed by atoms with van der Waals surface area (Å²) < 4.78 is 25.3. The molecule has 0 spiro atoms. The third-order valence-corrected chi connectivity index (χ3v) is 4.57. The molecule has 1 saturated heterocycles. The van der Waals surface area contributed by atoms with Crippen LogP contribution < -0.4 is 4.72 Å². The zero-order valence-corrected chi connectivity index (χ0v) is 14.1. The summed E-state index contributed by atoms with van der Waals surface area (Å²) in [6.45, 7) is 3.84. The van der Waals surface area contributed by atoms with Crippen LogP contribution in [0.5, 0.6) is 0 Å². The topological polar surface area (TPSA) is 104 Å². The van der Waals surface area contributed by atoms with Crippen LogP contribution in [0.3, 0.4) is 0 Å². The lowest BCUT2D eigenvalue weighted by atomic mass is 9.90. The number of aliphatic carboxylic acids is 1. The van der Waals surface area contributed by atoms with Crippen LogP contribution in [0.25, 0.3) is 0 Å². The number of anilines is 1. The van der Waals surface area contributed by atoms with E-state index in [1.807, 2.05) is 0 Å². The SMILES string of the molecule is Cc1ccc(NS(C)(=O)=O)c(C(=O)N2CCC(C)(C(=O)O)C2)c1. The smallest absolute Gasteiger partial charge is 0.311 e. The minimum Gasteiger partial charge on any atom is -0.481 e. The van der Waals surface area contributed by atoms with Crippen molar-refractivity contribution in [1.29, 1.82) is 0 Å². The van der Waals surface area contributed by atoms with Crippen molar-refractivity contribution < 1.29 is 23.1 Å². The number of rotatable bonds is 4. The summed E-state index contributed by atoms with van der Waals surface area (Å²) in [4.78, 5) is 25.5. The van der Waals surface area contributed by atoms with Gasteiger partial charge in [0.2, 0.25) is 10.0 Å². The average Bonchev–Trinajstić information content (AvgIpc) is 2.83. The van der Waals surface area contributed by atoms with Crippen LogP contribution in [0.2, 0.25) is 0 Å². The monoisotopic (exact) mass is 340 g/mol. The Hall–Kier alpha value is -2.09. The fourth-order valence-electron chi connectivity index (χ4n) is 2.60. The summed E-state index contributed by atoms with van der Waals surface area (Å²) in [5.41, 5.74) is 0.272. The average molecular weight is 340 g/mol. The van der Waals surface area contributed by atoms with Gasteiger partial charge < -0.3 is 10.0 Å². The summed E-state index contributed by atoms with van der Waals surface area (Å²) in [6.07, 6.45) is 1.38. The van der Waals surface area contributed by atoms with Crippen molar-refractivity contribution in [3.63, 3.8) is 0 Å². The molecule has 0 bridgehead atoms. The predicted octanol–water partition coefficient (Wildman–Crippen LogP) is 1.30. The van der Waals surface area contributed by atoms with Crippen molar-refractivity contribution in [3.05, 3.63) is 29.3 Å². The van der Waals surface area contributed by atoms with E-state index >= 15 is 0 Å². The van der Waals surface area contributed by atoms with E-state index in [2.05, 4.69) is 4.72 Å². The zero-order valence-electron chi connectivity index (χ0n) is 13.3. The van der Waals surface area contributed by atoms with Crippen LogP contribution in [0.4, 0.5) is 5.69 Å². The Morgan fingerprint density at radius 1 is 1.35 bits per heavy atom. The number of likely N-dealkylation sites (tertiary alicyclic amines) is 1. The summed E-state index contributed by atoms with van der Waals surface area (Å²) in [5.74, 6) is -1.31. The van der Waals surface area contributed by atoms with Gasteiger partial charge >= 0.3 is 5.97 Å². The molecular formula is C15H20N2O5S. The maximum Gasteiger partial charge on any atom is 0.311 e. The highest BCUT2D eigenvalue weighted by atomic mass is 32.2. The molecule has 1 heterocycles. The molecule has 1 atom stereocenters. The van der Waals surface area contributed by atoms with E-state index in [0.717, 1.165) is 11.8 Å². The van der Waals surface area contributed by atoms with Crippen molar-refractivity contribution in [2.45, 2.75) is 20.3 Å². The van der Waals surface area contributed by atoms with Crippen molar-refractivity contribution in [3.8, 4) is 0 Å². The number of carbonyl (C=O) groups excluding carboxylic acids is 1. The van der Waals surface area contributed by atoms with Crippen LogP contribution in [-0.4, -0.2) is 49.6 Å². The standard InChI is InChI=1S/C15H20N2O5S/c1-10-4-5-12(16-23(3,21)22)11(8-10)13(18)17-7-6-15(2,9-17)14(19)20/h4-5,8,16H,6-7,9H2,1-3H3,(H,19,20). The number of carbonyl (C=O) groups is 2. The van der Waals surface area contributed by atoms with Gasteiger partial charge in [-0.25, -0.2) is 8.42 Å². The minimum atomic E-state index is -3.52. The predicted molar refractivity (Wildman–Crippen MR) is 85.9 cm³/mol. The maximum absolute atomic E-state index is 12.7. The Labute approximate surface area is 135 Å². The number of nitrogens with one attached hydrogen (secondary N) is 1. The third-order valence-electron chi connectivity index (χ3n) is 3.98. The lowest BCUT2D eigenvalue weighted by Crippen LogP contribution is -2.35. The molecule has 126 valence electrons. The molecule has 2 N–H and O–H groups in total. The van der Waals surface area contributed by atoms with Crippen LogP contribution in [0, 0.1) is 12.3 Å². The van der Waals surface area contributed by atoms with Crippen molar-refractivity contribution >= 4 is 27.6 Å². The number of hydrogen-bond donors (Lipinski definition) is 2. The summed E-state index contributed by atoms with van der Waals surface area (Å²) in [5, 5.41) is 9.26. The molecule has 1 aliphatic rings. The zero-order chi connectivity index (χ0) is 17.4. The molecule has 0 saturated carbocycles. The van der Waals surface area contributed by atoms with Crippen LogP contribution >= 0.6 is 0 Å². The van der Waals surface area contributed by atoms with Gasteiger partial charge in [-0.3, -0.25) is 14.3 Å². The summed E-state index contributed by atoms with van der Waals surface area (Å²) in [7, 11) is -3.52. The number of sulfonamides is 1. The molecular weight excluding hydrogens is 320 g/mol. The molecule has 7 nitrogen and oxygen atoms in total. The highest BCUT2D eigenvalue weighted by Crippen LogP contribution is 2.32. The van der Waals surface area contributed by atoms with E-state index in [9.17, 15) is 23.1 Å². The van der Waals surface area contributed by atoms with E-state index in [-0.39, 0.29) is 23.7 Å². The first-order valence-electron chi connectivity index (χ1n) is 7.13. The molecule has 8 heteroatoms. The third kappa shape index (κ3) is 3.82. The molecule has 0 aromatic heterocycles. The van der Waals surface area contributed by atoms with Crippen LogP contribution in [0.15, 0.2) is 18.2 Å². The van der Waals surface area contributed by atoms with Gasteiger partial charge in [0.15, 0.2) is 0 Å². The van der Waals surface area contributed by atoms with E-state index in [1.165, 1.54) is 11.0 Å². The second kappa shape index (κ2) is 5.84. The number of aryl methyl sites for hydroxylation is 1. The second-order valence-electron chi connectivity index (χ2n) is 6.27. The molecule has 23 heavy (non-hydrogen) atoms. The van der Waals surface area contributed by atoms with Crippen molar-refractivity contribution in [2.24, 2.45) is 5.41 Å². The van der Waals surface area contributed by atoms with E-state index in [4.69, 9.17) is 0 Å². The van der Waals surface area contributed by atoms with Gasteiger partial charge in [-0.15, -0.1) is 0 Å². The van der Waals surface area contributed by atoms with Gasteiger partial charge in [-0.05, 0) is 32.4 Å². The van der Waals surface area contributed by atoms with Crippen LogP contribution in [-0.2, 0) is 14.8 Å². The van der Waals surface area contributed by atoms with Crippen LogP contribution in [0.1, 0.15) is 29.3 Å². The molecule has 1 aliphatic heterocycles. The Balaban J connectivity index is 2.33. The number of hydrogen-bond acceptors (Lipinski definition) is 4. The second-order valence-corrected chi connectivity index (χ2v) is 8.01. The largest absolute Gasteiger partial charge is 0.481 e. The van der Waals surface area contributed by atoms with Gasteiger partial charge in [-0.1, -0.05) is 11.6 Å². The molecule has 1 aromatic rings. The highest BCUT2D eigenvalue weighted by Gasteiger charge is 2.42. The Kier molecular flexibility index (Phi) is 4.39. The van der Waals surface area contributed by atoms with E-state index in [0.29, 0.717) is 13.0 Å². The maximum atomic E-state index is 12.7.